The summed E-state index contributed by atoms with van der Waals surface area (Å²) in [4.78, 5) is 38.8. The molecule has 0 unspecified atom stereocenters. The van der Waals surface area contributed by atoms with Crippen LogP contribution >= 0.6 is 11.8 Å². The molecule has 0 aliphatic carbocycles. The molecule has 1 fully saturated rings. The van der Waals surface area contributed by atoms with E-state index in [2.05, 4.69) is 34.4 Å². The first-order chi connectivity index (χ1) is 16.9. The molecule has 1 aliphatic heterocycles. The van der Waals surface area contributed by atoms with Gasteiger partial charge in [-0.05, 0) is 48.5 Å². The summed E-state index contributed by atoms with van der Waals surface area (Å²) in [5.41, 5.74) is 4.29. The third kappa shape index (κ3) is 4.52. The predicted molar refractivity (Wildman–Crippen MR) is 134 cm³/mol. The smallest absolute Gasteiger partial charge is 0.373 e. The third-order valence-corrected chi connectivity index (χ3v) is 6.68. The molecule has 0 N–H and O–H groups in total. The second-order valence-corrected chi connectivity index (χ2v) is 9.24. The van der Waals surface area contributed by atoms with E-state index >= 15 is 0 Å². The molecule has 1 aliphatic rings. The summed E-state index contributed by atoms with van der Waals surface area (Å²) < 4.78 is 12.2. The minimum Gasteiger partial charge on any atom is -0.463 e. The van der Waals surface area contributed by atoms with Gasteiger partial charge >= 0.3 is 5.97 Å². The summed E-state index contributed by atoms with van der Waals surface area (Å²) in [6.07, 6.45) is 3.78. The van der Waals surface area contributed by atoms with Crippen molar-refractivity contribution in [1.82, 2.24) is 9.47 Å². The van der Waals surface area contributed by atoms with Gasteiger partial charge in [-0.1, -0.05) is 48.0 Å². The Labute approximate surface area is 206 Å². The Morgan fingerprint density at radius 2 is 1.89 bits per heavy atom. The van der Waals surface area contributed by atoms with E-state index < -0.39 is 11.9 Å². The molecular weight excluding hydrogens is 464 g/mol. The number of imide groups is 1. The lowest BCUT2D eigenvalue weighted by Gasteiger charge is -2.09. The van der Waals surface area contributed by atoms with Crippen molar-refractivity contribution in [3.05, 3.63) is 100.0 Å². The predicted octanol–water partition coefficient (Wildman–Crippen LogP) is 5.61. The minimum atomic E-state index is -0.618. The molecule has 0 bridgehead atoms. The van der Waals surface area contributed by atoms with Gasteiger partial charge in [-0.25, -0.2) is 4.79 Å². The second kappa shape index (κ2) is 9.31. The number of hydrogen-bond donors (Lipinski definition) is 0. The van der Waals surface area contributed by atoms with Crippen molar-refractivity contribution in [2.45, 2.75) is 20.0 Å². The summed E-state index contributed by atoms with van der Waals surface area (Å²) in [5, 5.41) is 0.612. The van der Waals surface area contributed by atoms with Crippen LogP contribution in [0.2, 0.25) is 0 Å². The Bertz CT molecular complexity index is 1500. The lowest BCUT2D eigenvalue weighted by Crippen LogP contribution is -2.27. The van der Waals surface area contributed by atoms with Crippen molar-refractivity contribution < 1.29 is 23.5 Å². The van der Waals surface area contributed by atoms with E-state index in [0.29, 0.717) is 17.2 Å². The van der Waals surface area contributed by atoms with E-state index in [1.807, 2.05) is 36.5 Å². The van der Waals surface area contributed by atoms with Gasteiger partial charge in [0.1, 0.15) is 5.76 Å². The first kappa shape index (κ1) is 22.7. The van der Waals surface area contributed by atoms with Crippen LogP contribution in [0.4, 0.5) is 4.79 Å². The van der Waals surface area contributed by atoms with Gasteiger partial charge in [-0.2, -0.15) is 0 Å². The molecule has 0 atom stereocenters. The highest BCUT2D eigenvalue weighted by atomic mass is 32.2. The van der Waals surface area contributed by atoms with E-state index in [-0.39, 0.29) is 17.5 Å². The standard InChI is InChI=1S/C27H22N2O5S/c1-17-6-5-7-18(12-17)14-28-15-19(21-8-3-4-9-22(21)28)13-24-25(30)29(27(32)35-24)16-20-10-11-23(34-20)26(31)33-2/h3-13,15H,14,16H2,1-2H3/b24-13+. The number of aromatic nitrogens is 1. The van der Waals surface area contributed by atoms with Crippen LogP contribution < -0.4 is 0 Å². The number of para-hydroxylation sites is 1. The topological polar surface area (TPSA) is 81.8 Å². The lowest BCUT2D eigenvalue weighted by molar-refractivity contribution is -0.123. The number of amides is 2. The van der Waals surface area contributed by atoms with Gasteiger partial charge in [-0.15, -0.1) is 0 Å². The van der Waals surface area contributed by atoms with Crippen LogP contribution in [-0.4, -0.2) is 33.7 Å². The van der Waals surface area contributed by atoms with Gasteiger partial charge in [0.25, 0.3) is 11.1 Å². The van der Waals surface area contributed by atoms with Crippen LogP contribution in [0.3, 0.4) is 0 Å². The average molecular weight is 487 g/mol. The molecule has 2 amide bonds. The van der Waals surface area contributed by atoms with Crippen molar-refractivity contribution in [3.63, 3.8) is 0 Å². The largest absolute Gasteiger partial charge is 0.463 e. The number of aryl methyl sites for hydroxylation is 1. The number of carbonyl (C=O) groups excluding carboxylic acids is 3. The number of benzene rings is 2. The van der Waals surface area contributed by atoms with Gasteiger partial charge < -0.3 is 13.7 Å². The summed E-state index contributed by atoms with van der Waals surface area (Å²) in [5.74, 6) is -0.672. The van der Waals surface area contributed by atoms with Gasteiger partial charge in [0, 0.05) is 29.2 Å². The number of fused-ring (bicyclic) bond motifs is 1. The fraction of sp³-hybridized carbons (Fsp3) is 0.148. The van der Waals surface area contributed by atoms with Crippen LogP contribution in [0.1, 0.15) is 33.0 Å². The van der Waals surface area contributed by atoms with Crippen LogP contribution in [0.25, 0.3) is 17.0 Å². The number of hydrogen-bond acceptors (Lipinski definition) is 6. The fourth-order valence-electron chi connectivity index (χ4n) is 4.13. The molecule has 0 radical (unpaired) electrons. The zero-order chi connectivity index (χ0) is 24.5. The maximum Gasteiger partial charge on any atom is 0.373 e. The Balaban J connectivity index is 1.42. The van der Waals surface area contributed by atoms with Crippen LogP contribution in [-0.2, 0) is 22.6 Å². The highest BCUT2D eigenvalue weighted by molar-refractivity contribution is 8.18. The van der Waals surface area contributed by atoms with Crippen LogP contribution in [0.15, 0.2) is 76.2 Å². The molecule has 2 aromatic heterocycles. The Morgan fingerprint density at radius 3 is 2.69 bits per heavy atom. The number of nitrogens with zero attached hydrogens (tertiary/aromatic N) is 2. The Kier molecular flexibility index (Phi) is 6.05. The highest BCUT2D eigenvalue weighted by Gasteiger charge is 2.36. The number of carbonyl (C=O) groups is 3. The molecule has 0 saturated carbocycles. The molecule has 35 heavy (non-hydrogen) atoms. The SMILES string of the molecule is COC(=O)c1ccc(CN2C(=O)S/C(=C/c3cn(Cc4cccc(C)c4)c4ccccc34)C2=O)o1. The zero-order valence-corrected chi connectivity index (χ0v) is 20.0. The number of methoxy groups -OCH3 is 1. The number of thioether (sulfide) groups is 1. The molecule has 0 spiro atoms. The number of esters is 1. The van der Waals surface area contributed by atoms with E-state index in [1.165, 1.54) is 24.3 Å². The van der Waals surface area contributed by atoms with Gasteiger partial charge in [-0.3, -0.25) is 14.5 Å². The molecule has 3 heterocycles. The van der Waals surface area contributed by atoms with Crippen LogP contribution in [0, 0.1) is 6.92 Å². The molecule has 4 aromatic rings. The average Bonchev–Trinajstić information content (AvgIpc) is 3.53. The number of furan rings is 1. The Hall–Kier alpha value is -4.04. The monoisotopic (exact) mass is 486 g/mol. The molecule has 8 heteroatoms. The minimum absolute atomic E-state index is 0.0198. The van der Waals surface area contributed by atoms with Gasteiger partial charge in [0.15, 0.2) is 0 Å². The maximum atomic E-state index is 13.1. The van der Waals surface area contributed by atoms with Crippen molar-refractivity contribution in [3.8, 4) is 0 Å². The second-order valence-electron chi connectivity index (χ2n) is 8.24. The van der Waals surface area contributed by atoms with E-state index in [0.717, 1.165) is 33.1 Å². The number of ether oxygens (including phenoxy) is 1. The molecular formula is C27H22N2O5S. The van der Waals surface area contributed by atoms with Crippen molar-refractivity contribution in [1.29, 1.82) is 0 Å². The maximum absolute atomic E-state index is 13.1. The van der Waals surface area contributed by atoms with Gasteiger partial charge in [0.2, 0.25) is 5.76 Å². The normalized spacial score (nSPS) is 14.9. The Morgan fingerprint density at radius 1 is 1.06 bits per heavy atom. The lowest BCUT2D eigenvalue weighted by atomic mass is 10.1. The van der Waals surface area contributed by atoms with Crippen molar-refractivity contribution in [2.24, 2.45) is 0 Å². The molecule has 2 aromatic carbocycles. The third-order valence-electron chi connectivity index (χ3n) is 5.78. The van der Waals surface area contributed by atoms with Gasteiger partial charge in [0.05, 0.1) is 18.6 Å². The summed E-state index contributed by atoms with van der Waals surface area (Å²) in [6, 6.07) is 19.4. The fourth-order valence-corrected chi connectivity index (χ4v) is 4.96. The molecule has 1 saturated heterocycles. The number of rotatable bonds is 6. The first-order valence-electron chi connectivity index (χ1n) is 11.0. The zero-order valence-electron chi connectivity index (χ0n) is 19.2. The van der Waals surface area contributed by atoms with E-state index in [1.54, 1.807) is 12.1 Å². The van der Waals surface area contributed by atoms with Crippen molar-refractivity contribution >= 4 is 45.9 Å². The van der Waals surface area contributed by atoms with E-state index in [9.17, 15) is 14.4 Å². The summed E-state index contributed by atoms with van der Waals surface area (Å²) in [6.45, 7) is 2.70. The highest BCUT2D eigenvalue weighted by Crippen LogP contribution is 2.35. The van der Waals surface area contributed by atoms with Crippen LogP contribution in [0.5, 0.6) is 0 Å². The quantitative estimate of drug-likeness (QED) is 0.260. The molecule has 7 nitrogen and oxygen atoms in total. The molecule has 176 valence electrons. The summed E-state index contributed by atoms with van der Waals surface area (Å²) >= 11 is 0.893. The summed E-state index contributed by atoms with van der Waals surface area (Å²) in [7, 11) is 1.25. The van der Waals surface area contributed by atoms with E-state index in [4.69, 9.17) is 4.42 Å². The van der Waals surface area contributed by atoms with Crippen molar-refractivity contribution in [2.75, 3.05) is 7.11 Å². The molecule has 5 rings (SSSR count). The first-order valence-corrected chi connectivity index (χ1v) is 11.8.